The maximum absolute atomic E-state index is 13.0. The lowest BCUT2D eigenvalue weighted by Crippen LogP contribution is -2.31. The Labute approximate surface area is 932 Å². The van der Waals surface area contributed by atoms with E-state index in [0.29, 0.717) is 47.1 Å². The van der Waals surface area contributed by atoms with Gasteiger partial charge < -0.3 is 81.6 Å². The van der Waals surface area contributed by atoms with Crippen molar-refractivity contribution in [3.63, 3.8) is 0 Å². The minimum absolute atomic E-state index is 0.00870. The molecule has 0 spiro atoms. The topological polar surface area (TPSA) is 426 Å². The van der Waals surface area contributed by atoms with Crippen LogP contribution in [0.25, 0.3) is 87.7 Å². The zero-order valence-electron chi connectivity index (χ0n) is 86.5. The number of hydrogen-bond acceptors (Lipinski definition) is 26. The number of benzene rings is 7. The standard InChI is InChI=1S/C25H26Cl2N4O2.C19H23BrN4O.C18H23BrN4O2.C18H25BrN4.C9H4BrClN2O2.C9H20N2.C6H5BCl2O3.C4H8O2/c1-30(2)13-14-3-6-17(7-4-14)31-23-18-9-15(16-10-19(26)24(32)20(27)11-16)5-8-21(18)28-12-22(23)29-25(31)33;1-23(2)11-12-3-6-14(7-4-12)24-18-15-9-13(20)5-8-16(15)21-10-17(18)22-19(24)25;1-22(2)11-12-3-6-14(7-4-12)21-18-15-9-13(19)5-8-16(15)20-10-17(18)23(24)25;1-23(2)11-12-3-6-14(7-4-12)22-18-15-9-13(19)5-8-17(15)21-10-16(18)20;10-5-1-2-7-6(3-5)9(11)8(4-12-7)13(14)15;1-11(2)7-8-3-5-9(10)6-4-8;8-4-1-3(7(11)12)2-5(9)6(4)10;1-3-6-4(2)5/h5,8-12,14,17,32H,3-4,6-7,13H2,1-2H3,(H,29,33);5,8-10,12,14H,3-4,6-7,11H2,1-2H3,(H,22,25);5,8-10,12,14H,3-4,6-7,11H2,1-2H3,(H,20,21);5,8-10,12,14H,3-4,6-7,11,20H2,1-2H3,(H,21,22);1-4H;8-9H,3-7,10H2,1-2H3;1-2,10-12H;3H2,1-2H3. The van der Waals surface area contributed by atoms with Crippen LogP contribution in [0.2, 0.25) is 25.1 Å². The van der Waals surface area contributed by atoms with E-state index in [2.05, 4.69) is 221 Å². The van der Waals surface area contributed by atoms with Crippen molar-refractivity contribution in [2.75, 3.05) is 126 Å². The van der Waals surface area contributed by atoms with E-state index in [1.54, 1.807) is 55.8 Å². The number of nitrogens with one attached hydrogen (secondary N) is 4. The number of fused-ring (bicyclic) bond motifs is 9. The van der Waals surface area contributed by atoms with E-state index in [0.717, 1.165) is 208 Å². The van der Waals surface area contributed by atoms with Crippen molar-refractivity contribution in [2.24, 2.45) is 35.3 Å². The zero-order valence-corrected chi connectivity index (χ0v) is 96.6. The number of aromatic nitrogens is 9. The monoisotopic (exact) mass is 2400 g/mol. The number of nitrogen functional groups attached to an aromatic ring is 1. The Kier molecular flexibility index (Phi) is 44.5. The van der Waals surface area contributed by atoms with Crippen LogP contribution in [0.4, 0.5) is 28.4 Å². The third-order valence-electron chi connectivity index (χ3n) is 27.6. The van der Waals surface area contributed by atoms with Crippen LogP contribution in [0.15, 0.2) is 174 Å². The molecule has 42 heteroatoms. The summed E-state index contributed by atoms with van der Waals surface area (Å²) in [7, 11) is 19.7. The summed E-state index contributed by atoms with van der Waals surface area (Å²) in [6.07, 6.45) is 30.9. The molecule has 7 heterocycles. The number of ether oxygens (including phenoxy) is 1. The molecular weight excluding hydrogens is 2280 g/mol. The van der Waals surface area contributed by atoms with Gasteiger partial charge in [-0.25, -0.2) is 19.6 Å². The number of nitro groups is 2. The van der Waals surface area contributed by atoms with Gasteiger partial charge in [0.2, 0.25) is 0 Å². The number of carbonyl (C=O) groups is 1. The summed E-state index contributed by atoms with van der Waals surface area (Å²) >= 11 is 43.0. The van der Waals surface area contributed by atoms with E-state index in [-0.39, 0.29) is 93.8 Å². The zero-order chi connectivity index (χ0) is 109. The molecule has 0 aliphatic heterocycles. The number of halogens is 9. The number of anilines is 3. The quantitative estimate of drug-likeness (QED) is 0.0138. The Morgan fingerprint density at radius 3 is 1.14 bits per heavy atom. The Hall–Kier alpha value is -9.49. The van der Waals surface area contributed by atoms with Gasteiger partial charge in [0.05, 0.1) is 116 Å². The van der Waals surface area contributed by atoms with E-state index in [1.165, 1.54) is 109 Å². The van der Waals surface area contributed by atoms with Gasteiger partial charge >= 0.3 is 35.8 Å². The number of rotatable bonds is 21. The summed E-state index contributed by atoms with van der Waals surface area (Å²) in [5.74, 6) is 3.25. The molecular formula is C108H134BBr4Cl5N20O12. The van der Waals surface area contributed by atoms with Crippen molar-refractivity contribution in [1.82, 2.24) is 68.5 Å². The van der Waals surface area contributed by atoms with Gasteiger partial charge in [0.25, 0.3) is 0 Å². The highest BCUT2D eigenvalue weighted by Gasteiger charge is 2.33. The lowest BCUT2D eigenvalue weighted by atomic mass is 9.80. The van der Waals surface area contributed by atoms with Crippen LogP contribution in [-0.2, 0) is 9.53 Å². The van der Waals surface area contributed by atoms with Gasteiger partial charge in [0.1, 0.15) is 23.1 Å². The Morgan fingerprint density at radius 2 is 0.767 bits per heavy atom. The molecule has 14 aromatic rings. The molecule has 804 valence electrons. The largest absolute Gasteiger partial charge is 0.505 e. The molecule has 7 aromatic carbocycles. The third-order valence-corrected chi connectivity index (χ3v) is 31.2. The predicted molar refractivity (Wildman–Crippen MR) is 625 cm³/mol. The van der Waals surface area contributed by atoms with Crippen LogP contribution in [0.3, 0.4) is 0 Å². The predicted octanol–water partition coefficient (Wildman–Crippen LogP) is 23.9. The molecule has 0 bridgehead atoms. The number of nitrogens with two attached hydrogens (primary N) is 2. The summed E-state index contributed by atoms with van der Waals surface area (Å²) in [6, 6.07) is 36.5. The van der Waals surface area contributed by atoms with Gasteiger partial charge in [-0.3, -0.25) is 49.1 Å². The smallest absolute Gasteiger partial charge is 0.488 e. The molecule has 5 fully saturated rings. The molecule has 7 aromatic heterocycles. The lowest BCUT2D eigenvalue weighted by molar-refractivity contribution is -0.384. The van der Waals surface area contributed by atoms with Crippen molar-refractivity contribution >= 4 is 245 Å². The van der Waals surface area contributed by atoms with E-state index < -0.39 is 12.0 Å². The molecule has 0 radical (unpaired) electrons. The maximum Gasteiger partial charge on any atom is 0.488 e. The van der Waals surface area contributed by atoms with Gasteiger partial charge in [-0.1, -0.05) is 128 Å². The number of carbonyl (C=O) groups excluding carboxylic acids is 1. The fourth-order valence-electron chi connectivity index (χ4n) is 20.7. The number of hydrogen-bond donors (Lipinski definition) is 10. The van der Waals surface area contributed by atoms with Gasteiger partial charge in [0, 0.05) is 115 Å². The minimum Gasteiger partial charge on any atom is -0.505 e. The van der Waals surface area contributed by atoms with Crippen LogP contribution in [-0.4, -0.2) is 240 Å². The fraction of sp³-hybridized carbons (Fsp3) is 0.444. The summed E-state index contributed by atoms with van der Waals surface area (Å²) in [4.78, 5) is 95.7. The normalized spacial score (nSPS) is 19.1. The molecule has 12 N–H and O–H groups in total. The molecule has 150 heavy (non-hydrogen) atoms. The minimum atomic E-state index is -1.64. The number of pyridine rings is 5. The number of nitrogens with zero attached hydrogens (tertiary/aromatic N) is 14. The molecule has 5 saturated carbocycles. The molecule has 0 atom stereocenters. The van der Waals surface area contributed by atoms with E-state index >= 15 is 0 Å². The third kappa shape index (κ3) is 33.1. The highest BCUT2D eigenvalue weighted by atomic mass is 79.9. The first-order valence-electron chi connectivity index (χ1n) is 50.4. The average molecular weight is 2410 g/mol. The van der Waals surface area contributed by atoms with Gasteiger partial charge in [-0.05, 0) is 361 Å². The first-order valence-corrected chi connectivity index (χ1v) is 55.5. The Morgan fingerprint density at radius 1 is 0.447 bits per heavy atom. The van der Waals surface area contributed by atoms with E-state index in [4.69, 9.17) is 84.6 Å². The number of phenolic OH excluding ortho intramolecular Hbond substituents is 2. The second-order valence-electron chi connectivity index (χ2n) is 40.7. The second-order valence-corrected chi connectivity index (χ2v) is 46.4. The van der Waals surface area contributed by atoms with Crippen LogP contribution in [0.5, 0.6) is 11.5 Å². The fourth-order valence-corrected chi connectivity index (χ4v) is 23.4. The summed E-state index contributed by atoms with van der Waals surface area (Å²) in [5, 5.41) is 70.6. The van der Waals surface area contributed by atoms with Crippen LogP contribution >= 0.6 is 122 Å². The van der Waals surface area contributed by atoms with Crippen LogP contribution < -0.4 is 38.9 Å². The van der Waals surface area contributed by atoms with Crippen molar-refractivity contribution in [3.05, 3.63) is 230 Å². The first-order chi connectivity index (χ1) is 71.4. The van der Waals surface area contributed by atoms with Crippen LogP contribution in [0.1, 0.15) is 154 Å². The number of imidazole rings is 2. The Bertz CT molecular complexity index is 7060. The van der Waals surface area contributed by atoms with Crippen molar-refractivity contribution in [2.45, 2.75) is 172 Å². The first kappa shape index (κ1) is 119. The molecule has 32 nitrogen and oxygen atoms in total. The average Bonchev–Trinajstić information content (AvgIpc) is 1.60. The summed E-state index contributed by atoms with van der Waals surface area (Å²) in [5.41, 5.74) is 23.5. The number of aromatic hydroxyl groups is 2. The lowest BCUT2D eigenvalue weighted by Gasteiger charge is -2.31. The van der Waals surface area contributed by atoms with E-state index in [9.17, 15) is 39.7 Å². The molecule has 0 amide bonds. The van der Waals surface area contributed by atoms with Gasteiger partial charge in [-0.2, -0.15) is 0 Å². The number of phenols is 2. The molecule has 19 rings (SSSR count). The van der Waals surface area contributed by atoms with Crippen molar-refractivity contribution in [3.8, 4) is 22.6 Å². The van der Waals surface area contributed by atoms with Crippen molar-refractivity contribution in [1.29, 1.82) is 0 Å². The molecule has 0 saturated heterocycles. The van der Waals surface area contributed by atoms with E-state index in [1.807, 2.05) is 69.8 Å². The Balaban J connectivity index is 0.000000158. The number of aromatic amines is 2. The molecule has 5 aliphatic rings. The highest BCUT2D eigenvalue weighted by molar-refractivity contribution is 9.11. The van der Waals surface area contributed by atoms with Crippen molar-refractivity contribution < 1.29 is 39.6 Å². The SMILES string of the molecule is CCOC(C)=O.CN(C)CC1CCC(N)CC1.CN(C)CC1CCC(Nc2c(N)cnc3ccc(Br)cc23)CC1.CN(C)CC1CCC(Nc2c([N+](=O)[O-])cnc3ccc(Br)cc23)CC1.CN(C)CC1CCC(n2c(=O)[nH]c3cnc4ccc(-c5cc(Cl)c(O)c(Cl)c5)cc4c32)CC1.CN(C)CC1CCC(n2c(=O)[nH]c3cnc4ccc(Br)cc4c32)CC1.O=[N+]([O-])c1cnc2ccc(Br)cc2c1Cl.OB(O)c1cc(Cl)c(O)c(Cl)c1. The molecule has 5 aliphatic carbocycles. The second kappa shape index (κ2) is 56.1. The number of esters is 1. The summed E-state index contributed by atoms with van der Waals surface area (Å²) < 4.78 is 12.1. The highest BCUT2D eigenvalue weighted by Crippen LogP contribution is 2.44. The molecule has 0 unspecified atom stereocenters. The van der Waals surface area contributed by atoms with Crippen LogP contribution in [0, 0.1) is 49.8 Å². The number of H-pyrrole nitrogens is 2. The maximum atomic E-state index is 13.0. The van der Waals surface area contributed by atoms with Gasteiger partial charge in [0.15, 0.2) is 11.5 Å². The summed E-state index contributed by atoms with van der Waals surface area (Å²) in [6.45, 7) is 9.42. The van der Waals surface area contributed by atoms with Gasteiger partial charge in [-0.15, -0.1) is 0 Å².